The van der Waals surface area contributed by atoms with Crippen molar-refractivity contribution >= 4 is 39.0 Å². The van der Waals surface area contributed by atoms with Crippen molar-refractivity contribution < 1.29 is 4.39 Å². The predicted molar refractivity (Wildman–Crippen MR) is 85.1 cm³/mol. The van der Waals surface area contributed by atoms with E-state index in [-0.39, 0.29) is 11.4 Å². The van der Waals surface area contributed by atoms with Gasteiger partial charge in [0.05, 0.1) is 10.9 Å². The van der Waals surface area contributed by atoms with Gasteiger partial charge in [-0.1, -0.05) is 11.6 Å². The van der Waals surface area contributed by atoms with Crippen LogP contribution in [0.25, 0.3) is 21.6 Å². The molecule has 0 spiro atoms. The number of halogens is 2. The molecule has 3 N–H and O–H groups in total. The van der Waals surface area contributed by atoms with Gasteiger partial charge in [-0.05, 0) is 37.6 Å². The van der Waals surface area contributed by atoms with Gasteiger partial charge in [0.15, 0.2) is 11.6 Å². The van der Waals surface area contributed by atoms with E-state index < -0.39 is 5.82 Å². The molecular formula is C14H12ClFN4S. The quantitative estimate of drug-likeness (QED) is 0.552. The molecule has 3 aromatic rings. The molecule has 0 amide bonds. The van der Waals surface area contributed by atoms with Crippen LogP contribution in [0.15, 0.2) is 18.2 Å². The number of hydrazine groups is 1. The summed E-state index contributed by atoms with van der Waals surface area (Å²) in [4.78, 5) is 10.7. The third-order valence-corrected chi connectivity index (χ3v) is 4.67. The number of thiophene rings is 1. The second-order valence-corrected chi connectivity index (χ2v) is 6.27. The Morgan fingerprint density at radius 1 is 1.29 bits per heavy atom. The minimum atomic E-state index is -0.424. The highest BCUT2D eigenvalue weighted by Crippen LogP contribution is 2.35. The van der Waals surface area contributed by atoms with Crippen molar-refractivity contribution in [2.24, 2.45) is 5.84 Å². The number of nitrogens with two attached hydrogens (primary N) is 1. The molecule has 3 rings (SSSR count). The van der Waals surface area contributed by atoms with Crippen molar-refractivity contribution in [2.75, 3.05) is 5.43 Å². The van der Waals surface area contributed by atoms with Gasteiger partial charge >= 0.3 is 0 Å². The van der Waals surface area contributed by atoms with Crippen LogP contribution in [-0.2, 0) is 0 Å². The molecular weight excluding hydrogens is 311 g/mol. The average Bonchev–Trinajstić information content (AvgIpc) is 2.76. The summed E-state index contributed by atoms with van der Waals surface area (Å²) >= 11 is 7.45. The molecule has 4 nitrogen and oxygen atoms in total. The monoisotopic (exact) mass is 322 g/mol. The number of hydrogen-bond acceptors (Lipinski definition) is 5. The smallest absolute Gasteiger partial charge is 0.166 e. The lowest BCUT2D eigenvalue weighted by Gasteiger charge is -2.07. The SMILES string of the molecule is Cc1sc2nc(-c3cc(Cl)ccc3F)nc(NN)c2c1C. The van der Waals surface area contributed by atoms with E-state index in [0.717, 1.165) is 20.7 Å². The Morgan fingerprint density at radius 3 is 2.76 bits per heavy atom. The molecule has 0 aliphatic carbocycles. The van der Waals surface area contributed by atoms with E-state index in [0.29, 0.717) is 10.8 Å². The van der Waals surface area contributed by atoms with Crippen LogP contribution in [-0.4, -0.2) is 9.97 Å². The fourth-order valence-electron chi connectivity index (χ4n) is 2.14. The van der Waals surface area contributed by atoms with E-state index in [1.807, 2.05) is 13.8 Å². The maximum absolute atomic E-state index is 14.0. The van der Waals surface area contributed by atoms with Gasteiger partial charge in [-0.2, -0.15) is 0 Å². The minimum absolute atomic E-state index is 0.254. The molecule has 0 fully saturated rings. The standard InChI is InChI=1S/C14H12ClFN4S/c1-6-7(2)21-14-11(6)13(20-17)18-12(19-14)9-5-8(15)3-4-10(9)16/h3-5H,17H2,1-2H3,(H,18,19,20). The third kappa shape index (κ3) is 2.35. The molecule has 21 heavy (non-hydrogen) atoms. The van der Waals surface area contributed by atoms with Crippen LogP contribution in [0.5, 0.6) is 0 Å². The van der Waals surface area contributed by atoms with Crippen molar-refractivity contribution in [3.05, 3.63) is 39.5 Å². The Bertz CT molecular complexity index is 847. The topological polar surface area (TPSA) is 63.8 Å². The van der Waals surface area contributed by atoms with Crippen LogP contribution >= 0.6 is 22.9 Å². The molecule has 0 radical (unpaired) electrons. The Kier molecular flexibility index (Phi) is 3.52. The normalized spacial score (nSPS) is 11.1. The first-order valence-electron chi connectivity index (χ1n) is 6.21. The van der Waals surface area contributed by atoms with Crippen LogP contribution in [0.2, 0.25) is 5.02 Å². The second kappa shape index (κ2) is 5.22. The van der Waals surface area contributed by atoms with E-state index in [1.54, 1.807) is 0 Å². The fourth-order valence-corrected chi connectivity index (χ4v) is 3.34. The van der Waals surface area contributed by atoms with Crippen LogP contribution in [0.4, 0.5) is 10.2 Å². The number of anilines is 1. The maximum Gasteiger partial charge on any atom is 0.166 e. The summed E-state index contributed by atoms with van der Waals surface area (Å²) in [5.74, 6) is 5.87. The van der Waals surface area contributed by atoms with Gasteiger partial charge in [-0.3, -0.25) is 0 Å². The van der Waals surface area contributed by atoms with Gasteiger partial charge in [-0.25, -0.2) is 20.2 Å². The number of nitrogens with zero attached hydrogens (tertiary/aromatic N) is 2. The van der Waals surface area contributed by atoms with E-state index in [9.17, 15) is 4.39 Å². The zero-order valence-corrected chi connectivity index (χ0v) is 12.9. The molecule has 2 aromatic heterocycles. The summed E-state index contributed by atoms with van der Waals surface area (Å²) in [5.41, 5.74) is 3.89. The molecule has 0 unspecified atom stereocenters. The van der Waals surface area contributed by atoms with E-state index in [1.165, 1.54) is 29.5 Å². The zero-order valence-electron chi connectivity index (χ0n) is 11.4. The summed E-state index contributed by atoms with van der Waals surface area (Å²) < 4.78 is 14.0. The van der Waals surface area contributed by atoms with Crippen molar-refractivity contribution in [2.45, 2.75) is 13.8 Å². The average molecular weight is 323 g/mol. The third-order valence-electron chi connectivity index (χ3n) is 3.33. The fraction of sp³-hybridized carbons (Fsp3) is 0.143. The number of nitrogens with one attached hydrogen (secondary N) is 1. The molecule has 1 aromatic carbocycles. The largest absolute Gasteiger partial charge is 0.308 e. The number of hydrogen-bond donors (Lipinski definition) is 2. The molecule has 108 valence electrons. The van der Waals surface area contributed by atoms with Crippen LogP contribution < -0.4 is 11.3 Å². The molecule has 0 aliphatic rings. The van der Waals surface area contributed by atoms with Crippen LogP contribution in [0.1, 0.15) is 10.4 Å². The number of rotatable bonds is 2. The van der Waals surface area contributed by atoms with Crippen LogP contribution in [0, 0.1) is 19.7 Å². The van der Waals surface area contributed by atoms with Crippen LogP contribution in [0.3, 0.4) is 0 Å². The van der Waals surface area contributed by atoms with E-state index in [4.69, 9.17) is 17.4 Å². The van der Waals surface area contributed by atoms with Gasteiger partial charge in [-0.15, -0.1) is 11.3 Å². The Balaban J connectivity index is 2.32. The minimum Gasteiger partial charge on any atom is -0.308 e. The first-order chi connectivity index (χ1) is 10.0. The number of aryl methyl sites for hydroxylation is 2. The highest BCUT2D eigenvalue weighted by atomic mass is 35.5. The van der Waals surface area contributed by atoms with Gasteiger partial charge in [0.25, 0.3) is 0 Å². The van der Waals surface area contributed by atoms with E-state index in [2.05, 4.69) is 15.4 Å². The summed E-state index contributed by atoms with van der Waals surface area (Å²) in [6.45, 7) is 3.99. The first kappa shape index (κ1) is 14.2. The maximum atomic E-state index is 14.0. The lowest BCUT2D eigenvalue weighted by molar-refractivity contribution is 0.630. The molecule has 0 saturated carbocycles. The Morgan fingerprint density at radius 2 is 2.05 bits per heavy atom. The summed E-state index contributed by atoms with van der Waals surface area (Å²) in [6.07, 6.45) is 0. The van der Waals surface area contributed by atoms with Gasteiger partial charge in [0.1, 0.15) is 10.6 Å². The first-order valence-corrected chi connectivity index (χ1v) is 7.40. The van der Waals surface area contributed by atoms with Crippen molar-refractivity contribution in [1.29, 1.82) is 0 Å². The zero-order chi connectivity index (χ0) is 15.1. The molecule has 0 saturated heterocycles. The molecule has 0 atom stereocenters. The summed E-state index contributed by atoms with van der Waals surface area (Å²) in [7, 11) is 0. The van der Waals surface area contributed by atoms with Gasteiger partial charge in [0.2, 0.25) is 0 Å². The molecule has 0 bridgehead atoms. The second-order valence-electron chi connectivity index (χ2n) is 4.63. The molecule has 2 heterocycles. The van der Waals surface area contributed by atoms with E-state index >= 15 is 0 Å². The van der Waals surface area contributed by atoms with Gasteiger partial charge < -0.3 is 5.43 Å². The number of aromatic nitrogens is 2. The van der Waals surface area contributed by atoms with Crippen molar-refractivity contribution in [3.8, 4) is 11.4 Å². The van der Waals surface area contributed by atoms with Gasteiger partial charge in [0, 0.05) is 9.90 Å². The predicted octanol–water partition coefficient (Wildman–Crippen LogP) is 4.05. The lowest BCUT2D eigenvalue weighted by Crippen LogP contribution is -2.10. The lowest BCUT2D eigenvalue weighted by atomic mass is 10.1. The molecule has 0 aliphatic heterocycles. The number of fused-ring (bicyclic) bond motifs is 1. The highest BCUT2D eigenvalue weighted by Gasteiger charge is 2.17. The van der Waals surface area contributed by atoms with Crippen molar-refractivity contribution in [3.63, 3.8) is 0 Å². The number of benzene rings is 1. The van der Waals surface area contributed by atoms with Crippen molar-refractivity contribution in [1.82, 2.24) is 9.97 Å². The number of nitrogen functional groups attached to an aromatic ring is 1. The summed E-state index contributed by atoms with van der Waals surface area (Å²) in [6, 6.07) is 4.29. The Labute approximate surface area is 129 Å². The Hall–Kier alpha value is -1.76. The summed E-state index contributed by atoms with van der Waals surface area (Å²) in [5, 5.41) is 1.29. The molecule has 7 heteroatoms. The highest BCUT2D eigenvalue weighted by molar-refractivity contribution is 7.18.